The molecule has 0 saturated heterocycles. The molecular formula is C24H22BrN3O4S. The van der Waals surface area contributed by atoms with E-state index < -0.39 is 5.69 Å². The van der Waals surface area contributed by atoms with Crippen LogP contribution in [0.3, 0.4) is 0 Å². The SMILES string of the molecule is CC1(C)Cc2c(sc3c2c(=N)n(Cc2ccco2)c(=O)n3CC(=O)c2ccc(Br)cc2)CO1. The van der Waals surface area contributed by atoms with Gasteiger partial charge in [0.25, 0.3) is 0 Å². The minimum atomic E-state index is -0.409. The second kappa shape index (κ2) is 8.23. The Bertz CT molecular complexity index is 1480. The first-order valence-electron chi connectivity index (χ1n) is 10.5. The molecule has 0 radical (unpaired) electrons. The number of thiophene rings is 1. The molecule has 1 aliphatic rings. The van der Waals surface area contributed by atoms with Crippen molar-refractivity contribution in [3.05, 3.63) is 84.9 Å². The van der Waals surface area contributed by atoms with Gasteiger partial charge in [0.2, 0.25) is 0 Å². The summed E-state index contributed by atoms with van der Waals surface area (Å²) >= 11 is 4.82. The van der Waals surface area contributed by atoms with Crippen LogP contribution in [-0.2, 0) is 30.9 Å². The third kappa shape index (κ3) is 4.05. The Kier molecular flexibility index (Phi) is 5.50. The molecule has 0 bridgehead atoms. The number of ether oxygens (including phenoxy) is 1. The number of carbonyl (C=O) groups excluding carboxylic acids is 1. The van der Waals surface area contributed by atoms with Gasteiger partial charge in [-0.2, -0.15) is 0 Å². The van der Waals surface area contributed by atoms with Crippen molar-refractivity contribution >= 4 is 43.3 Å². The molecule has 5 rings (SSSR count). The standard InChI is InChI=1S/C24H22BrN3O4S/c1-24(2)10-17-19(13-32-24)33-22-20(17)21(26)27(11-16-4-3-9-31-16)23(30)28(22)12-18(29)14-5-7-15(25)8-6-14/h3-9,26H,10-13H2,1-2H3. The molecule has 7 nitrogen and oxygen atoms in total. The van der Waals surface area contributed by atoms with E-state index in [1.165, 1.54) is 20.5 Å². The number of fused-ring (bicyclic) bond motifs is 3. The Hall–Kier alpha value is -2.75. The predicted octanol–water partition coefficient (Wildman–Crippen LogP) is 4.48. The minimum absolute atomic E-state index is 0.112. The Morgan fingerprint density at radius 1 is 1.21 bits per heavy atom. The van der Waals surface area contributed by atoms with Crippen LogP contribution in [0.5, 0.6) is 0 Å². The maximum Gasteiger partial charge on any atom is 0.331 e. The fourth-order valence-electron chi connectivity index (χ4n) is 4.15. The first kappa shape index (κ1) is 22.1. The van der Waals surface area contributed by atoms with E-state index in [4.69, 9.17) is 14.6 Å². The molecule has 170 valence electrons. The van der Waals surface area contributed by atoms with Gasteiger partial charge >= 0.3 is 5.69 Å². The average Bonchev–Trinajstić information content (AvgIpc) is 3.41. The molecule has 1 aromatic carbocycles. The second-order valence-corrected chi connectivity index (χ2v) is 10.7. The highest BCUT2D eigenvalue weighted by Crippen LogP contribution is 2.37. The van der Waals surface area contributed by atoms with Crippen molar-refractivity contribution in [1.29, 1.82) is 5.41 Å². The number of ketones is 1. The van der Waals surface area contributed by atoms with Crippen LogP contribution in [0.25, 0.3) is 10.2 Å². The highest BCUT2D eigenvalue weighted by molar-refractivity contribution is 9.10. The fraction of sp³-hybridized carbons (Fsp3) is 0.292. The lowest BCUT2D eigenvalue weighted by Crippen LogP contribution is -2.41. The van der Waals surface area contributed by atoms with Gasteiger partial charge < -0.3 is 9.15 Å². The van der Waals surface area contributed by atoms with Crippen LogP contribution >= 0.6 is 27.3 Å². The second-order valence-electron chi connectivity index (χ2n) is 8.72. The van der Waals surface area contributed by atoms with Crippen LogP contribution in [0.1, 0.15) is 40.4 Å². The summed E-state index contributed by atoms with van der Waals surface area (Å²) in [5.41, 5.74) is 0.904. The highest BCUT2D eigenvalue weighted by atomic mass is 79.9. The van der Waals surface area contributed by atoms with Crippen LogP contribution in [-0.4, -0.2) is 20.5 Å². The summed E-state index contributed by atoms with van der Waals surface area (Å²) in [5.74, 6) is 0.402. The van der Waals surface area contributed by atoms with Gasteiger partial charge in [-0.25, -0.2) is 4.79 Å². The van der Waals surface area contributed by atoms with Gasteiger partial charge in [-0.05, 0) is 43.7 Å². The van der Waals surface area contributed by atoms with E-state index in [9.17, 15) is 9.59 Å². The summed E-state index contributed by atoms with van der Waals surface area (Å²) in [5, 5.41) is 9.63. The summed E-state index contributed by atoms with van der Waals surface area (Å²) in [4.78, 5) is 28.3. The number of nitrogens with one attached hydrogen (secondary N) is 1. The average molecular weight is 528 g/mol. The van der Waals surface area contributed by atoms with E-state index in [1.807, 2.05) is 13.8 Å². The molecule has 3 aromatic heterocycles. The normalized spacial score (nSPS) is 15.0. The fourth-order valence-corrected chi connectivity index (χ4v) is 5.64. The molecule has 0 unspecified atom stereocenters. The summed E-state index contributed by atoms with van der Waals surface area (Å²) in [7, 11) is 0. The lowest BCUT2D eigenvalue weighted by atomic mass is 9.94. The number of nitrogens with zero attached hydrogens (tertiary/aromatic N) is 2. The molecule has 0 amide bonds. The van der Waals surface area contributed by atoms with E-state index in [-0.39, 0.29) is 30.0 Å². The predicted molar refractivity (Wildman–Crippen MR) is 129 cm³/mol. The summed E-state index contributed by atoms with van der Waals surface area (Å²) in [6, 6.07) is 10.6. The number of Topliss-reactive ketones (excluding diaryl/α,β-unsaturated/α-hetero) is 1. The number of benzene rings is 1. The van der Waals surface area contributed by atoms with Crippen molar-refractivity contribution in [2.45, 2.75) is 45.6 Å². The van der Waals surface area contributed by atoms with E-state index in [2.05, 4.69) is 15.9 Å². The highest BCUT2D eigenvalue weighted by Gasteiger charge is 2.31. The Balaban J connectivity index is 1.70. The summed E-state index contributed by atoms with van der Waals surface area (Å²) in [6.07, 6.45) is 2.17. The van der Waals surface area contributed by atoms with Crippen molar-refractivity contribution in [2.24, 2.45) is 0 Å². The molecule has 0 saturated carbocycles. The van der Waals surface area contributed by atoms with Crippen LogP contribution in [0.15, 0.2) is 56.3 Å². The van der Waals surface area contributed by atoms with Crippen molar-refractivity contribution in [3.8, 4) is 0 Å². The third-order valence-electron chi connectivity index (χ3n) is 5.84. The lowest BCUT2D eigenvalue weighted by molar-refractivity contribution is -0.0379. The first-order valence-corrected chi connectivity index (χ1v) is 12.1. The smallest absolute Gasteiger partial charge is 0.331 e. The maximum absolute atomic E-state index is 13.6. The van der Waals surface area contributed by atoms with Gasteiger partial charge in [-0.3, -0.25) is 19.3 Å². The molecule has 4 heterocycles. The van der Waals surface area contributed by atoms with Gasteiger partial charge in [0.15, 0.2) is 5.78 Å². The number of rotatable bonds is 5. The van der Waals surface area contributed by atoms with Crippen molar-refractivity contribution in [2.75, 3.05) is 0 Å². The van der Waals surface area contributed by atoms with Gasteiger partial charge in [-0.1, -0.05) is 28.1 Å². The van der Waals surface area contributed by atoms with Crippen LogP contribution in [0, 0.1) is 5.41 Å². The molecule has 4 aromatic rings. The molecule has 0 spiro atoms. The number of aromatic nitrogens is 2. The van der Waals surface area contributed by atoms with Gasteiger partial charge in [0.1, 0.15) is 16.1 Å². The number of furan rings is 1. The number of halogens is 1. The van der Waals surface area contributed by atoms with E-state index >= 15 is 0 Å². The molecule has 1 aliphatic heterocycles. The molecule has 1 N–H and O–H groups in total. The topological polar surface area (TPSA) is 90.2 Å². The van der Waals surface area contributed by atoms with E-state index in [0.29, 0.717) is 34.6 Å². The molecular weight excluding hydrogens is 506 g/mol. The zero-order valence-electron chi connectivity index (χ0n) is 18.2. The number of hydrogen-bond donors (Lipinski definition) is 1. The molecule has 0 aliphatic carbocycles. The monoisotopic (exact) mass is 527 g/mol. The molecule has 33 heavy (non-hydrogen) atoms. The minimum Gasteiger partial charge on any atom is -0.467 e. The van der Waals surface area contributed by atoms with Crippen molar-refractivity contribution in [3.63, 3.8) is 0 Å². The van der Waals surface area contributed by atoms with Gasteiger partial charge in [0, 0.05) is 21.3 Å². The van der Waals surface area contributed by atoms with Crippen LogP contribution in [0.2, 0.25) is 0 Å². The maximum atomic E-state index is 13.6. The number of hydrogen-bond acceptors (Lipinski definition) is 6. The number of carbonyl (C=O) groups is 1. The molecule has 0 fully saturated rings. The summed E-state index contributed by atoms with van der Waals surface area (Å²) < 4.78 is 15.2. The van der Waals surface area contributed by atoms with Gasteiger partial charge in [-0.15, -0.1) is 11.3 Å². The quantitative estimate of drug-likeness (QED) is 0.387. The van der Waals surface area contributed by atoms with Crippen molar-refractivity contribution < 1.29 is 13.9 Å². The Labute approximate surface area is 201 Å². The zero-order valence-corrected chi connectivity index (χ0v) is 20.6. The largest absolute Gasteiger partial charge is 0.467 e. The Morgan fingerprint density at radius 3 is 2.67 bits per heavy atom. The Morgan fingerprint density at radius 2 is 1.97 bits per heavy atom. The van der Waals surface area contributed by atoms with E-state index in [1.54, 1.807) is 42.7 Å². The van der Waals surface area contributed by atoms with Gasteiger partial charge in [0.05, 0.1) is 36.9 Å². The van der Waals surface area contributed by atoms with Crippen LogP contribution < -0.4 is 11.2 Å². The summed E-state index contributed by atoms with van der Waals surface area (Å²) in [6.45, 7) is 4.48. The van der Waals surface area contributed by atoms with Crippen LogP contribution in [0.4, 0.5) is 0 Å². The van der Waals surface area contributed by atoms with Crippen molar-refractivity contribution in [1.82, 2.24) is 9.13 Å². The van der Waals surface area contributed by atoms with E-state index in [0.717, 1.165) is 14.9 Å². The zero-order chi connectivity index (χ0) is 23.3. The first-order chi connectivity index (χ1) is 15.7. The lowest BCUT2D eigenvalue weighted by Gasteiger charge is -2.30. The third-order valence-corrected chi connectivity index (χ3v) is 7.60. The molecule has 0 atom stereocenters. The molecule has 9 heteroatoms.